The zero-order valence-corrected chi connectivity index (χ0v) is 8.79. The number of nitrogens with zero attached hydrogens (tertiary/aromatic N) is 3. The predicted molar refractivity (Wildman–Crippen MR) is 56.1 cm³/mol. The Bertz CT molecular complexity index is 404. The molecule has 4 nitrogen and oxygen atoms in total. The van der Waals surface area contributed by atoms with Crippen LogP contribution in [-0.4, -0.2) is 14.8 Å². The molecular weight excluding hydrogens is 196 g/mol. The summed E-state index contributed by atoms with van der Waals surface area (Å²) in [6.45, 7) is 3.31. The minimum Gasteiger partial charge on any atom is -0.325 e. The van der Waals surface area contributed by atoms with Crippen molar-refractivity contribution in [2.24, 2.45) is 5.73 Å². The molecule has 2 heterocycles. The highest BCUT2D eigenvalue weighted by Gasteiger charge is 2.03. The first-order chi connectivity index (χ1) is 6.79. The van der Waals surface area contributed by atoms with E-state index >= 15 is 0 Å². The van der Waals surface area contributed by atoms with E-state index in [9.17, 15) is 0 Å². The third-order valence-corrected chi connectivity index (χ3v) is 2.81. The van der Waals surface area contributed by atoms with Crippen LogP contribution >= 0.6 is 11.3 Å². The van der Waals surface area contributed by atoms with Crippen LogP contribution in [0.5, 0.6) is 0 Å². The minimum atomic E-state index is 0.502. The van der Waals surface area contributed by atoms with Crippen LogP contribution in [0.2, 0.25) is 0 Å². The van der Waals surface area contributed by atoms with Gasteiger partial charge in [-0.3, -0.25) is 9.67 Å². The van der Waals surface area contributed by atoms with Crippen molar-refractivity contribution in [2.45, 2.75) is 20.0 Å². The van der Waals surface area contributed by atoms with Crippen molar-refractivity contribution in [2.75, 3.05) is 0 Å². The highest BCUT2D eigenvalue weighted by atomic mass is 32.1. The molecule has 2 aromatic rings. The smallest absolute Gasteiger partial charge is 0.0794 e. The van der Waals surface area contributed by atoms with Gasteiger partial charge in [0.2, 0.25) is 0 Å². The molecule has 0 amide bonds. The van der Waals surface area contributed by atoms with Crippen molar-refractivity contribution in [3.63, 3.8) is 0 Å². The first kappa shape index (κ1) is 9.36. The van der Waals surface area contributed by atoms with Crippen LogP contribution in [0.3, 0.4) is 0 Å². The van der Waals surface area contributed by atoms with Gasteiger partial charge < -0.3 is 5.73 Å². The lowest BCUT2D eigenvalue weighted by Crippen LogP contribution is -2.02. The Balaban J connectivity index is 2.17. The third kappa shape index (κ3) is 1.83. The molecule has 0 radical (unpaired) electrons. The Hall–Kier alpha value is -1.20. The Kier molecular flexibility index (Phi) is 2.60. The fourth-order valence-corrected chi connectivity index (χ4v) is 1.91. The Morgan fingerprint density at radius 2 is 2.43 bits per heavy atom. The molecule has 0 aliphatic carbocycles. The van der Waals surface area contributed by atoms with E-state index in [0.717, 1.165) is 17.8 Å². The Morgan fingerprint density at radius 3 is 3.00 bits per heavy atom. The van der Waals surface area contributed by atoms with E-state index in [-0.39, 0.29) is 0 Å². The molecule has 0 atom stereocenters. The molecule has 0 aliphatic heterocycles. The van der Waals surface area contributed by atoms with E-state index < -0.39 is 0 Å². The van der Waals surface area contributed by atoms with Gasteiger partial charge in [-0.25, -0.2) is 0 Å². The largest absolute Gasteiger partial charge is 0.325 e. The van der Waals surface area contributed by atoms with E-state index in [1.807, 2.05) is 29.5 Å². The summed E-state index contributed by atoms with van der Waals surface area (Å²) in [5.41, 5.74) is 9.50. The third-order valence-electron chi connectivity index (χ3n) is 2.04. The van der Waals surface area contributed by atoms with Gasteiger partial charge in [-0.2, -0.15) is 5.10 Å². The first-order valence-electron chi connectivity index (χ1n) is 4.40. The van der Waals surface area contributed by atoms with Crippen molar-refractivity contribution in [3.8, 4) is 0 Å². The summed E-state index contributed by atoms with van der Waals surface area (Å²) in [6.07, 6.45) is 3.88. The van der Waals surface area contributed by atoms with Crippen molar-refractivity contribution >= 4 is 11.3 Å². The van der Waals surface area contributed by atoms with E-state index in [4.69, 9.17) is 5.73 Å². The summed E-state index contributed by atoms with van der Waals surface area (Å²) in [4.78, 5) is 5.23. The maximum atomic E-state index is 5.55. The second kappa shape index (κ2) is 3.89. The molecule has 14 heavy (non-hydrogen) atoms. The molecule has 2 N–H and O–H groups in total. The van der Waals surface area contributed by atoms with Crippen molar-refractivity contribution < 1.29 is 0 Å². The molecule has 2 aromatic heterocycles. The van der Waals surface area contributed by atoms with Gasteiger partial charge in [-0.15, -0.1) is 11.3 Å². The van der Waals surface area contributed by atoms with Gasteiger partial charge in [0.1, 0.15) is 0 Å². The topological polar surface area (TPSA) is 56.7 Å². The zero-order valence-electron chi connectivity index (χ0n) is 7.97. The Labute approximate surface area is 86.4 Å². The second-order valence-electron chi connectivity index (χ2n) is 3.13. The summed E-state index contributed by atoms with van der Waals surface area (Å²) in [7, 11) is 0. The Morgan fingerprint density at radius 1 is 1.57 bits per heavy atom. The summed E-state index contributed by atoms with van der Waals surface area (Å²) >= 11 is 1.64. The SMILES string of the molecule is Cc1cn(Cc2cncs2)nc1CN. The zero-order chi connectivity index (χ0) is 9.97. The number of rotatable bonds is 3. The second-order valence-corrected chi connectivity index (χ2v) is 4.10. The van der Waals surface area contributed by atoms with Gasteiger partial charge in [0.15, 0.2) is 0 Å². The van der Waals surface area contributed by atoms with Gasteiger partial charge >= 0.3 is 0 Å². The minimum absolute atomic E-state index is 0.502. The quantitative estimate of drug-likeness (QED) is 0.823. The lowest BCUT2D eigenvalue weighted by atomic mass is 10.3. The highest BCUT2D eigenvalue weighted by molar-refractivity contribution is 7.09. The van der Waals surface area contributed by atoms with Gasteiger partial charge in [0, 0.05) is 23.8 Å². The summed E-state index contributed by atoms with van der Waals surface area (Å²) in [5.74, 6) is 0. The predicted octanol–water partition coefficient (Wildman–Crippen LogP) is 1.16. The molecule has 0 aromatic carbocycles. The summed E-state index contributed by atoms with van der Waals surface area (Å²) < 4.78 is 1.91. The normalized spacial score (nSPS) is 10.7. The maximum Gasteiger partial charge on any atom is 0.0794 e. The fraction of sp³-hybridized carbons (Fsp3) is 0.333. The number of aromatic nitrogens is 3. The molecule has 2 rings (SSSR count). The van der Waals surface area contributed by atoms with Crippen LogP contribution < -0.4 is 5.73 Å². The van der Waals surface area contributed by atoms with Crippen molar-refractivity contribution in [1.29, 1.82) is 0 Å². The molecule has 0 saturated heterocycles. The van der Waals surface area contributed by atoms with Gasteiger partial charge in [-0.1, -0.05) is 0 Å². The number of hydrogen-bond acceptors (Lipinski definition) is 4. The average molecular weight is 208 g/mol. The average Bonchev–Trinajstić information content (AvgIpc) is 2.76. The number of thiazole rings is 1. The lowest BCUT2D eigenvalue weighted by molar-refractivity contribution is 0.678. The van der Waals surface area contributed by atoms with Crippen LogP contribution in [0.4, 0.5) is 0 Å². The van der Waals surface area contributed by atoms with E-state index in [2.05, 4.69) is 10.1 Å². The molecule has 0 aliphatic rings. The van der Waals surface area contributed by atoms with E-state index in [1.54, 1.807) is 11.3 Å². The molecule has 0 saturated carbocycles. The van der Waals surface area contributed by atoms with Crippen molar-refractivity contribution in [3.05, 3.63) is 34.0 Å². The first-order valence-corrected chi connectivity index (χ1v) is 5.28. The standard InChI is InChI=1S/C9H12N4S/c1-7-4-13(12-9(7)2-10)5-8-3-11-6-14-8/h3-4,6H,2,5,10H2,1H3. The van der Waals surface area contributed by atoms with E-state index in [0.29, 0.717) is 6.54 Å². The molecule has 0 fully saturated rings. The molecule has 74 valence electrons. The van der Waals surface area contributed by atoms with Crippen molar-refractivity contribution in [1.82, 2.24) is 14.8 Å². The highest BCUT2D eigenvalue weighted by Crippen LogP contribution is 2.10. The molecule has 0 spiro atoms. The summed E-state index contributed by atoms with van der Waals surface area (Å²) in [5, 5.41) is 4.37. The number of hydrogen-bond donors (Lipinski definition) is 1. The van der Waals surface area contributed by atoms with Gasteiger partial charge in [0.25, 0.3) is 0 Å². The monoisotopic (exact) mass is 208 g/mol. The van der Waals surface area contributed by atoms with E-state index in [1.165, 1.54) is 4.88 Å². The van der Waals surface area contributed by atoms with Crippen LogP contribution in [0.15, 0.2) is 17.9 Å². The molecular formula is C9H12N4S. The van der Waals surface area contributed by atoms with Crippen LogP contribution in [0.1, 0.15) is 16.1 Å². The van der Waals surface area contributed by atoms with Crippen LogP contribution in [0.25, 0.3) is 0 Å². The molecule has 0 bridgehead atoms. The van der Waals surface area contributed by atoms with Gasteiger partial charge in [-0.05, 0) is 12.5 Å². The van der Waals surface area contributed by atoms with Crippen LogP contribution in [0, 0.1) is 6.92 Å². The number of aryl methyl sites for hydroxylation is 1. The van der Waals surface area contributed by atoms with Gasteiger partial charge in [0.05, 0.1) is 17.7 Å². The lowest BCUT2D eigenvalue weighted by Gasteiger charge is -1.96. The number of nitrogens with two attached hydrogens (primary N) is 1. The maximum absolute atomic E-state index is 5.55. The molecule has 5 heteroatoms. The van der Waals surface area contributed by atoms with Crippen LogP contribution in [-0.2, 0) is 13.1 Å². The fourth-order valence-electron chi connectivity index (χ4n) is 1.32. The summed E-state index contributed by atoms with van der Waals surface area (Å²) in [6, 6.07) is 0. The molecule has 0 unspecified atom stereocenters.